The molecule has 0 amide bonds. The second-order valence-corrected chi connectivity index (χ2v) is 5.10. The molecule has 5 nitrogen and oxygen atoms in total. The third kappa shape index (κ3) is 4.63. The molecule has 21 heavy (non-hydrogen) atoms. The second kappa shape index (κ2) is 6.69. The van der Waals surface area contributed by atoms with Gasteiger partial charge in [0, 0.05) is 12.5 Å². The molecule has 1 aromatic heterocycles. The Kier molecular flexibility index (Phi) is 5.15. The molecule has 1 fully saturated rings. The Morgan fingerprint density at radius 3 is 2.71 bits per heavy atom. The fourth-order valence-corrected chi connectivity index (χ4v) is 1.96. The van der Waals surface area contributed by atoms with Gasteiger partial charge in [0.15, 0.2) is 5.82 Å². The maximum Gasteiger partial charge on any atom is 0.330 e. The Bertz CT molecular complexity index is 451. The number of nitrogens with zero attached hydrogens (tertiary/aromatic N) is 2. The molecular weight excluding hydrogens is 294 g/mol. The van der Waals surface area contributed by atoms with Crippen molar-refractivity contribution in [2.45, 2.75) is 44.3 Å². The van der Waals surface area contributed by atoms with Gasteiger partial charge in [-0.15, -0.1) is 0 Å². The van der Waals surface area contributed by atoms with Crippen LogP contribution >= 0.6 is 0 Å². The van der Waals surface area contributed by atoms with Crippen LogP contribution in [0.4, 0.5) is 17.6 Å². The molecule has 1 aromatic rings. The lowest BCUT2D eigenvalue weighted by atomic mass is 10.1. The van der Waals surface area contributed by atoms with E-state index in [0.717, 1.165) is 12.8 Å². The molecule has 0 bridgehead atoms. The molecule has 1 N–H and O–H groups in total. The fraction of sp³-hybridized carbons (Fsp3) is 0.833. The lowest BCUT2D eigenvalue weighted by Gasteiger charge is -2.14. The van der Waals surface area contributed by atoms with Crippen molar-refractivity contribution < 1.29 is 26.8 Å². The van der Waals surface area contributed by atoms with E-state index in [2.05, 4.69) is 20.2 Å². The van der Waals surface area contributed by atoms with Crippen molar-refractivity contribution >= 4 is 0 Å². The Hall–Kier alpha value is -1.22. The number of aromatic nitrogens is 2. The van der Waals surface area contributed by atoms with Crippen molar-refractivity contribution in [1.82, 2.24) is 15.5 Å². The van der Waals surface area contributed by atoms with Crippen molar-refractivity contribution in [3.05, 3.63) is 11.7 Å². The number of nitrogens with one attached hydrogen (secondary N) is 1. The van der Waals surface area contributed by atoms with Crippen molar-refractivity contribution in [2.75, 3.05) is 13.7 Å². The summed E-state index contributed by atoms with van der Waals surface area (Å²) in [6.45, 7) is -1.77. The number of hydrogen-bond donors (Lipinski definition) is 1. The predicted octanol–water partition coefficient (Wildman–Crippen LogP) is 2.03. The smallest absolute Gasteiger partial charge is 0.330 e. The summed E-state index contributed by atoms with van der Waals surface area (Å²) in [7, 11) is 1.84. The van der Waals surface area contributed by atoms with E-state index in [1.54, 1.807) is 0 Å². The first kappa shape index (κ1) is 16.2. The van der Waals surface area contributed by atoms with Crippen molar-refractivity contribution in [3.63, 3.8) is 0 Å². The van der Waals surface area contributed by atoms with Gasteiger partial charge >= 0.3 is 12.3 Å². The van der Waals surface area contributed by atoms with Crippen molar-refractivity contribution in [2.24, 2.45) is 5.92 Å². The van der Waals surface area contributed by atoms with Crippen LogP contribution in [0.3, 0.4) is 0 Å². The van der Waals surface area contributed by atoms with Crippen LogP contribution in [-0.4, -0.2) is 42.2 Å². The third-order valence-corrected chi connectivity index (χ3v) is 3.31. The van der Waals surface area contributed by atoms with Crippen LogP contribution in [-0.2, 0) is 17.8 Å². The largest absolute Gasteiger partial charge is 0.367 e. The number of hydrogen-bond acceptors (Lipinski definition) is 5. The van der Waals surface area contributed by atoms with Crippen LogP contribution < -0.4 is 5.32 Å². The molecule has 9 heteroatoms. The third-order valence-electron chi connectivity index (χ3n) is 3.31. The quantitative estimate of drug-likeness (QED) is 0.707. The van der Waals surface area contributed by atoms with Crippen LogP contribution in [0.15, 0.2) is 4.52 Å². The predicted molar refractivity (Wildman–Crippen MR) is 64.2 cm³/mol. The highest BCUT2D eigenvalue weighted by molar-refractivity contribution is 4.94. The molecule has 0 spiro atoms. The minimum absolute atomic E-state index is 0.0701. The van der Waals surface area contributed by atoms with Crippen LogP contribution in [0.2, 0.25) is 0 Å². The first-order chi connectivity index (χ1) is 9.92. The number of rotatable bonds is 9. The van der Waals surface area contributed by atoms with E-state index in [1.807, 2.05) is 7.05 Å². The van der Waals surface area contributed by atoms with E-state index in [-0.39, 0.29) is 18.5 Å². The van der Waals surface area contributed by atoms with Gasteiger partial charge in [0.1, 0.15) is 13.2 Å². The first-order valence-corrected chi connectivity index (χ1v) is 6.65. The fourth-order valence-electron chi connectivity index (χ4n) is 1.96. The molecule has 1 aliphatic rings. The Labute approximate surface area is 119 Å². The van der Waals surface area contributed by atoms with Crippen LogP contribution in [0.5, 0.6) is 0 Å². The number of halogens is 4. The zero-order chi connectivity index (χ0) is 15.5. The Morgan fingerprint density at radius 2 is 2.14 bits per heavy atom. The summed E-state index contributed by atoms with van der Waals surface area (Å²) in [6, 6.07) is 0.238. The summed E-state index contributed by atoms with van der Waals surface area (Å²) in [5.41, 5.74) is 0. The highest BCUT2D eigenvalue weighted by Gasteiger charge is 2.41. The molecule has 120 valence electrons. The zero-order valence-electron chi connectivity index (χ0n) is 11.5. The summed E-state index contributed by atoms with van der Waals surface area (Å²) in [4.78, 5) is 4.00. The summed E-state index contributed by atoms with van der Waals surface area (Å²) in [5.74, 6) is -3.14. The van der Waals surface area contributed by atoms with Gasteiger partial charge in [-0.1, -0.05) is 5.16 Å². The van der Waals surface area contributed by atoms with Crippen LogP contribution in [0.1, 0.15) is 24.6 Å². The normalized spacial score (nSPS) is 17.4. The number of likely N-dealkylation sites (N-methyl/N-ethyl adjacent to an activating group) is 1. The summed E-state index contributed by atoms with van der Waals surface area (Å²) >= 11 is 0. The highest BCUT2D eigenvalue weighted by atomic mass is 19.3. The van der Waals surface area contributed by atoms with E-state index in [0.29, 0.717) is 18.2 Å². The topological polar surface area (TPSA) is 60.2 Å². The lowest BCUT2D eigenvalue weighted by Crippen LogP contribution is -2.32. The SMILES string of the molecule is CNC(Cc1nc(COCC(F)(F)C(F)F)no1)C1CC1. The lowest BCUT2D eigenvalue weighted by molar-refractivity contribution is -0.168. The summed E-state index contributed by atoms with van der Waals surface area (Å²) in [6.07, 6.45) is -0.911. The molecule has 1 heterocycles. The van der Waals surface area contributed by atoms with Gasteiger partial charge in [0.25, 0.3) is 0 Å². The molecule has 1 aliphatic carbocycles. The molecular formula is C12H17F4N3O2. The van der Waals surface area contributed by atoms with E-state index in [1.165, 1.54) is 0 Å². The highest BCUT2D eigenvalue weighted by Crippen LogP contribution is 2.33. The monoisotopic (exact) mass is 311 g/mol. The van der Waals surface area contributed by atoms with Crippen molar-refractivity contribution in [3.8, 4) is 0 Å². The molecule has 2 rings (SSSR count). The first-order valence-electron chi connectivity index (χ1n) is 6.65. The molecule has 0 aliphatic heterocycles. The summed E-state index contributed by atoms with van der Waals surface area (Å²) < 4.78 is 58.6. The van der Waals surface area contributed by atoms with Gasteiger partial charge in [-0.3, -0.25) is 0 Å². The van der Waals surface area contributed by atoms with E-state index in [4.69, 9.17) is 4.52 Å². The van der Waals surface area contributed by atoms with Gasteiger partial charge in [0.2, 0.25) is 5.89 Å². The van der Waals surface area contributed by atoms with Gasteiger partial charge in [0.05, 0.1) is 0 Å². The molecule has 0 saturated heterocycles. The minimum atomic E-state index is -4.17. The molecule has 1 atom stereocenters. The van der Waals surface area contributed by atoms with E-state index < -0.39 is 19.0 Å². The Morgan fingerprint density at radius 1 is 1.43 bits per heavy atom. The number of alkyl halides is 4. The standard InChI is InChI=1S/C12H17F4N3O2/c1-17-8(7-2-3-7)4-10-18-9(19-21-10)5-20-6-12(15,16)11(13)14/h7-8,11,17H,2-6H2,1H3. The molecule has 1 unspecified atom stereocenters. The average molecular weight is 311 g/mol. The number of ether oxygens (including phenoxy) is 1. The van der Waals surface area contributed by atoms with Crippen LogP contribution in [0, 0.1) is 5.92 Å². The van der Waals surface area contributed by atoms with Gasteiger partial charge in [-0.25, -0.2) is 8.78 Å². The molecule has 0 aromatic carbocycles. The second-order valence-electron chi connectivity index (χ2n) is 5.10. The van der Waals surface area contributed by atoms with Gasteiger partial charge < -0.3 is 14.6 Å². The average Bonchev–Trinajstić information content (AvgIpc) is 3.17. The van der Waals surface area contributed by atoms with Gasteiger partial charge in [-0.05, 0) is 25.8 Å². The van der Waals surface area contributed by atoms with Crippen LogP contribution in [0.25, 0.3) is 0 Å². The maximum atomic E-state index is 12.6. The summed E-state index contributed by atoms with van der Waals surface area (Å²) in [5, 5.41) is 6.73. The van der Waals surface area contributed by atoms with Gasteiger partial charge in [-0.2, -0.15) is 13.8 Å². The van der Waals surface area contributed by atoms with E-state index >= 15 is 0 Å². The van der Waals surface area contributed by atoms with E-state index in [9.17, 15) is 17.6 Å². The molecule has 1 saturated carbocycles. The molecule has 0 radical (unpaired) electrons. The Balaban J connectivity index is 1.77. The zero-order valence-corrected chi connectivity index (χ0v) is 11.5. The minimum Gasteiger partial charge on any atom is -0.367 e. The van der Waals surface area contributed by atoms with Crippen molar-refractivity contribution in [1.29, 1.82) is 0 Å². The maximum absolute atomic E-state index is 12.6.